The van der Waals surface area contributed by atoms with E-state index in [9.17, 15) is 8.42 Å². The van der Waals surface area contributed by atoms with Crippen LogP contribution in [0.4, 0.5) is 0 Å². The van der Waals surface area contributed by atoms with Crippen LogP contribution in [0.25, 0.3) is 0 Å². The standard InChI is InChI=1S/C10H14ClNO2S2/c1-8(15-6-7-16(12,13)14)9-2-4-10(11)5-3-9/h2-5,8H,6-7H2,1H3,(H2,12,13,14)/t8-/m0/s1. The molecule has 0 bridgehead atoms. The highest BCUT2D eigenvalue weighted by atomic mass is 35.5. The Kier molecular flexibility index (Phi) is 5.11. The summed E-state index contributed by atoms with van der Waals surface area (Å²) in [5.41, 5.74) is 1.13. The van der Waals surface area contributed by atoms with Gasteiger partial charge in [0.1, 0.15) is 0 Å². The van der Waals surface area contributed by atoms with Crippen LogP contribution in [0.5, 0.6) is 0 Å². The van der Waals surface area contributed by atoms with Gasteiger partial charge in [0.05, 0.1) is 5.75 Å². The van der Waals surface area contributed by atoms with E-state index in [4.69, 9.17) is 16.7 Å². The number of halogens is 1. The normalized spacial score (nSPS) is 13.7. The van der Waals surface area contributed by atoms with Crippen LogP contribution in [0, 0.1) is 0 Å². The maximum Gasteiger partial charge on any atom is 0.209 e. The van der Waals surface area contributed by atoms with Crippen LogP contribution < -0.4 is 5.14 Å². The first kappa shape index (κ1) is 13.8. The van der Waals surface area contributed by atoms with Crippen molar-refractivity contribution in [3.8, 4) is 0 Å². The van der Waals surface area contributed by atoms with Crippen LogP contribution in [0.1, 0.15) is 17.7 Å². The molecule has 1 atom stereocenters. The third-order valence-corrected chi connectivity index (χ3v) is 4.57. The van der Waals surface area contributed by atoms with Gasteiger partial charge in [-0.05, 0) is 24.6 Å². The molecule has 2 N–H and O–H groups in total. The van der Waals surface area contributed by atoms with Gasteiger partial charge in [-0.2, -0.15) is 11.8 Å². The molecular formula is C10H14ClNO2S2. The first-order chi connectivity index (χ1) is 7.38. The Morgan fingerprint density at radius 2 is 1.94 bits per heavy atom. The third-order valence-electron chi connectivity index (χ3n) is 2.08. The predicted molar refractivity (Wildman–Crippen MR) is 70.3 cm³/mol. The van der Waals surface area contributed by atoms with E-state index in [0.717, 1.165) is 5.56 Å². The minimum atomic E-state index is -3.35. The largest absolute Gasteiger partial charge is 0.229 e. The molecule has 6 heteroatoms. The van der Waals surface area contributed by atoms with Crippen LogP contribution in [-0.4, -0.2) is 19.9 Å². The average molecular weight is 280 g/mol. The van der Waals surface area contributed by atoms with Gasteiger partial charge in [-0.25, -0.2) is 13.6 Å². The molecule has 1 rings (SSSR count). The molecule has 1 aromatic rings. The molecule has 0 aliphatic carbocycles. The van der Waals surface area contributed by atoms with Gasteiger partial charge in [0, 0.05) is 16.0 Å². The van der Waals surface area contributed by atoms with Gasteiger partial charge >= 0.3 is 0 Å². The number of thioether (sulfide) groups is 1. The molecule has 3 nitrogen and oxygen atoms in total. The molecule has 0 amide bonds. The first-order valence-electron chi connectivity index (χ1n) is 4.76. The van der Waals surface area contributed by atoms with Crippen molar-refractivity contribution in [3.05, 3.63) is 34.9 Å². The van der Waals surface area contributed by atoms with Gasteiger partial charge in [-0.15, -0.1) is 0 Å². The van der Waals surface area contributed by atoms with Crippen LogP contribution in [0.2, 0.25) is 5.02 Å². The lowest BCUT2D eigenvalue weighted by molar-refractivity contribution is 0.599. The summed E-state index contributed by atoms with van der Waals surface area (Å²) in [7, 11) is -3.35. The smallest absolute Gasteiger partial charge is 0.209 e. The van der Waals surface area contributed by atoms with Crippen molar-refractivity contribution in [3.63, 3.8) is 0 Å². The Hall–Kier alpha value is -0.230. The third kappa shape index (κ3) is 5.21. The van der Waals surface area contributed by atoms with Crippen LogP contribution in [0.3, 0.4) is 0 Å². The van der Waals surface area contributed by atoms with Crippen LogP contribution in [-0.2, 0) is 10.0 Å². The zero-order chi connectivity index (χ0) is 12.2. The molecule has 0 fully saturated rings. The topological polar surface area (TPSA) is 60.2 Å². The van der Waals surface area contributed by atoms with E-state index < -0.39 is 10.0 Å². The fourth-order valence-electron chi connectivity index (χ4n) is 1.17. The second-order valence-corrected chi connectivity index (χ2v) is 7.05. The Balaban J connectivity index is 2.47. The van der Waals surface area contributed by atoms with Crippen molar-refractivity contribution in [1.29, 1.82) is 0 Å². The van der Waals surface area contributed by atoms with E-state index in [1.54, 1.807) is 11.8 Å². The zero-order valence-electron chi connectivity index (χ0n) is 8.89. The monoisotopic (exact) mass is 279 g/mol. The maximum atomic E-state index is 10.7. The molecule has 0 aliphatic rings. The van der Waals surface area contributed by atoms with E-state index in [0.29, 0.717) is 10.8 Å². The van der Waals surface area contributed by atoms with E-state index in [-0.39, 0.29) is 11.0 Å². The highest BCUT2D eigenvalue weighted by Crippen LogP contribution is 2.28. The number of hydrogen-bond donors (Lipinski definition) is 1. The number of primary sulfonamides is 1. The molecule has 0 radical (unpaired) electrons. The summed E-state index contributed by atoms with van der Waals surface area (Å²) in [6.45, 7) is 2.02. The molecule has 0 heterocycles. The maximum absolute atomic E-state index is 10.7. The summed E-state index contributed by atoms with van der Waals surface area (Å²) in [5.74, 6) is 0.512. The van der Waals surface area contributed by atoms with E-state index in [1.807, 2.05) is 31.2 Å². The molecule has 0 aromatic heterocycles. The lowest BCUT2D eigenvalue weighted by atomic mass is 10.2. The van der Waals surface area contributed by atoms with E-state index in [1.165, 1.54) is 0 Å². The number of rotatable bonds is 5. The predicted octanol–water partition coefficient (Wildman–Crippen LogP) is 2.42. The minimum Gasteiger partial charge on any atom is -0.229 e. The lowest BCUT2D eigenvalue weighted by Crippen LogP contribution is -2.18. The average Bonchev–Trinajstić information content (AvgIpc) is 2.16. The van der Waals surface area contributed by atoms with E-state index >= 15 is 0 Å². The van der Waals surface area contributed by atoms with Gasteiger partial charge in [0.15, 0.2) is 0 Å². The molecule has 0 unspecified atom stereocenters. The second-order valence-electron chi connectivity index (χ2n) is 3.43. The minimum absolute atomic E-state index is 0.00952. The quantitative estimate of drug-likeness (QED) is 0.900. The van der Waals surface area contributed by atoms with Gasteiger partial charge in [-0.1, -0.05) is 23.7 Å². The van der Waals surface area contributed by atoms with Crippen molar-refractivity contribution in [2.75, 3.05) is 11.5 Å². The SMILES string of the molecule is C[C@H](SCCS(N)(=O)=O)c1ccc(Cl)cc1. The van der Waals surface area contributed by atoms with Crippen molar-refractivity contribution >= 4 is 33.4 Å². The Morgan fingerprint density at radius 1 is 1.38 bits per heavy atom. The molecular weight excluding hydrogens is 266 g/mol. The number of hydrogen-bond acceptors (Lipinski definition) is 3. The summed E-state index contributed by atoms with van der Waals surface area (Å²) in [4.78, 5) is 0. The van der Waals surface area contributed by atoms with Crippen molar-refractivity contribution in [2.24, 2.45) is 5.14 Å². The van der Waals surface area contributed by atoms with Gasteiger partial charge < -0.3 is 0 Å². The molecule has 0 saturated carbocycles. The fraction of sp³-hybridized carbons (Fsp3) is 0.400. The molecule has 0 saturated heterocycles. The van der Waals surface area contributed by atoms with Gasteiger partial charge in [0.25, 0.3) is 0 Å². The summed E-state index contributed by atoms with van der Waals surface area (Å²) >= 11 is 7.34. The number of benzene rings is 1. The van der Waals surface area contributed by atoms with Crippen LogP contribution >= 0.6 is 23.4 Å². The Labute approximate surface area is 105 Å². The van der Waals surface area contributed by atoms with Crippen molar-refractivity contribution in [1.82, 2.24) is 0 Å². The number of sulfonamides is 1. The van der Waals surface area contributed by atoms with Gasteiger partial charge in [-0.3, -0.25) is 0 Å². The highest BCUT2D eigenvalue weighted by molar-refractivity contribution is 8.00. The molecule has 1 aromatic carbocycles. The summed E-state index contributed by atoms with van der Waals surface area (Å²) < 4.78 is 21.5. The molecule has 0 spiro atoms. The zero-order valence-corrected chi connectivity index (χ0v) is 11.3. The highest BCUT2D eigenvalue weighted by Gasteiger charge is 2.08. The fourth-order valence-corrected chi connectivity index (χ4v) is 3.31. The van der Waals surface area contributed by atoms with E-state index in [2.05, 4.69) is 0 Å². The molecule has 0 aliphatic heterocycles. The summed E-state index contributed by atoms with van der Waals surface area (Å²) in [6.07, 6.45) is 0. The Bertz CT molecular complexity index is 431. The summed E-state index contributed by atoms with van der Waals surface area (Å²) in [5, 5.41) is 5.86. The lowest BCUT2D eigenvalue weighted by Gasteiger charge is -2.11. The van der Waals surface area contributed by atoms with Crippen molar-refractivity contribution < 1.29 is 8.42 Å². The molecule has 90 valence electrons. The summed E-state index contributed by atoms with van der Waals surface area (Å²) in [6, 6.07) is 7.54. The number of nitrogens with two attached hydrogens (primary N) is 1. The Morgan fingerprint density at radius 3 is 2.44 bits per heavy atom. The van der Waals surface area contributed by atoms with Gasteiger partial charge in [0.2, 0.25) is 10.0 Å². The molecule has 16 heavy (non-hydrogen) atoms. The second kappa shape index (κ2) is 5.91. The van der Waals surface area contributed by atoms with Crippen LogP contribution in [0.15, 0.2) is 24.3 Å². The van der Waals surface area contributed by atoms with Crippen molar-refractivity contribution in [2.45, 2.75) is 12.2 Å². The first-order valence-corrected chi connectivity index (χ1v) is 7.90.